The topological polar surface area (TPSA) is 43.4 Å². The zero-order chi connectivity index (χ0) is 14.7. The second-order valence-corrected chi connectivity index (χ2v) is 5.73. The van der Waals surface area contributed by atoms with Crippen LogP contribution in [0.3, 0.4) is 0 Å². The van der Waals surface area contributed by atoms with Crippen LogP contribution < -0.4 is 5.32 Å². The van der Waals surface area contributed by atoms with Gasteiger partial charge in [-0.05, 0) is 24.6 Å². The van der Waals surface area contributed by atoms with Crippen molar-refractivity contribution >= 4 is 10.9 Å². The van der Waals surface area contributed by atoms with Crippen molar-refractivity contribution in [1.82, 2.24) is 10.3 Å². The summed E-state index contributed by atoms with van der Waals surface area (Å²) in [5.41, 5.74) is 3.22. The van der Waals surface area contributed by atoms with E-state index in [9.17, 15) is 0 Å². The maximum atomic E-state index is 5.65. The van der Waals surface area contributed by atoms with Crippen LogP contribution in [-0.2, 0) is 16.0 Å². The van der Waals surface area contributed by atoms with Crippen LogP contribution in [0.4, 0.5) is 0 Å². The van der Waals surface area contributed by atoms with Crippen LogP contribution in [0.25, 0.3) is 10.9 Å². The van der Waals surface area contributed by atoms with Crippen molar-refractivity contribution < 1.29 is 9.47 Å². The van der Waals surface area contributed by atoms with Gasteiger partial charge in [0, 0.05) is 44.3 Å². The molecule has 112 valence electrons. The molecule has 1 aliphatic rings. The number of hydrogen-bond acceptors (Lipinski definition) is 4. The highest BCUT2D eigenvalue weighted by Gasteiger charge is 2.34. The molecule has 1 atom stereocenters. The smallest absolute Gasteiger partial charge is 0.106 e. The third-order valence-electron chi connectivity index (χ3n) is 4.19. The highest BCUT2D eigenvalue weighted by molar-refractivity contribution is 5.82. The van der Waals surface area contributed by atoms with Gasteiger partial charge < -0.3 is 14.8 Å². The maximum absolute atomic E-state index is 5.65. The van der Waals surface area contributed by atoms with Gasteiger partial charge in [0.1, 0.15) is 5.60 Å². The maximum Gasteiger partial charge on any atom is 0.106 e. The van der Waals surface area contributed by atoms with Gasteiger partial charge >= 0.3 is 0 Å². The van der Waals surface area contributed by atoms with Crippen molar-refractivity contribution in [3.63, 3.8) is 0 Å². The molecule has 4 nitrogen and oxygen atoms in total. The Morgan fingerprint density at radius 3 is 3.00 bits per heavy atom. The van der Waals surface area contributed by atoms with Gasteiger partial charge in [0.05, 0.1) is 12.1 Å². The Labute approximate surface area is 125 Å². The van der Waals surface area contributed by atoms with E-state index in [2.05, 4.69) is 34.6 Å². The average Bonchev–Trinajstić information content (AvgIpc) is 2.96. The Morgan fingerprint density at radius 2 is 2.24 bits per heavy atom. The molecule has 21 heavy (non-hydrogen) atoms. The summed E-state index contributed by atoms with van der Waals surface area (Å²) in [7, 11) is 1.77. The van der Waals surface area contributed by atoms with E-state index in [-0.39, 0.29) is 5.60 Å². The van der Waals surface area contributed by atoms with E-state index in [1.54, 1.807) is 7.11 Å². The number of para-hydroxylation sites is 1. The Balaban J connectivity index is 1.73. The summed E-state index contributed by atoms with van der Waals surface area (Å²) in [6.07, 6.45) is 0.951. The van der Waals surface area contributed by atoms with E-state index >= 15 is 0 Å². The lowest BCUT2D eigenvalue weighted by molar-refractivity contribution is -0.0159. The fourth-order valence-electron chi connectivity index (χ4n) is 2.93. The van der Waals surface area contributed by atoms with E-state index in [1.807, 2.05) is 13.0 Å². The molecule has 1 saturated heterocycles. The lowest BCUT2D eigenvalue weighted by Crippen LogP contribution is -2.42. The van der Waals surface area contributed by atoms with Gasteiger partial charge in [-0.25, -0.2) is 0 Å². The number of hydrogen-bond donors (Lipinski definition) is 1. The molecule has 0 spiro atoms. The lowest BCUT2D eigenvalue weighted by atomic mass is 10.0. The summed E-state index contributed by atoms with van der Waals surface area (Å²) >= 11 is 0. The molecule has 0 bridgehead atoms. The van der Waals surface area contributed by atoms with Crippen LogP contribution in [0.1, 0.15) is 17.7 Å². The van der Waals surface area contributed by atoms with E-state index in [0.717, 1.165) is 37.3 Å². The largest absolute Gasteiger partial charge is 0.378 e. The van der Waals surface area contributed by atoms with Crippen molar-refractivity contribution in [1.29, 1.82) is 0 Å². The van der Waals surface area contributed by atoms with Crippen molar-refractivity contribution in [2.24, 2.45) is 0 Å². The molecular formula is C17H22N2O2. The molecule has 0 saturated carbocycles. The molecule has 0 amide bonds. The van der Waals surface area contributed by atoms with Crippen LogP contribution in [0.5, 0.6) is 0 Å². The second kappa shape index (κ2) is 6.10. The molecule has 1 unspecified atom stereocenters. The molecule has 2 heterocycles. The standard InChI is InChI=1S/C17H22N2O2/c1-13-9-14(15-5-3-4-6-16(15)19-13)10-18-11-17(20-2)7-8-21-12-17/h3-6,9,18H,7-8,10-12H2,1-2H3. The highest BCUT2D eigenvalue weighted by Crippen LogP contribution is 2.22. The first-order valence-electron chi connectivity index (χ1n) is 7.41. The van der Waals surface area contributed by atoms with Gasteiger partial charge in [-0.1, -0.05) is 18.2 Å². The minimum Gasteiger partial charge on any atom is -0.378 e. The van der Waals surface area contributed by atoms with E-state index in [0.29, 0.717) is 6.61 Å². The minimum absolute atomic E-state index is 0.169. The predicted octanol–water partition coefficient (Wildman–Crippen LogP) is 2.44. The number of nitrogens with zero attached hydrogens (tertiary/aromatic N) is 1. The first-order valence-corrected chi connectivity index (χ1v) is 7.41. The summed E-state index contributed by atoms with van der Waals surface area (Å²) in [6, 6.07) is 10.4. The molecule has 4 heteroatoms. The third-order valence-corrected chi connectivity index (χ3v) is 4.19. The lowest BCUT2D eigenvalue weighted by Gasteiger charge is -2.26. The molecule has 1 aromatic heterocycles. The van der Waals surface area contributed by atoms with Crippen LogP contribution in [0, 0.1) is 6.92 Å². The fourth-order valence-corrected chi connectivity index (χ4v) is 2.93. The number of nitrogens with one attached hydrogen (secondary N) is 1. The Bertz CT molecular complexity index is 621. The first-order chi connectivity index (χ1) is 10.2. The monoisotopic (exact) mass is 286 g/mol. The van der Waals surface area contributed by atoms with Crippen LogP contribution >= 0.6 is 0 Å². The first kappa shape index (κ1) is 14.4. The van der Waals surface area contributed by atoms with E-state index in [1.165, 1.54) is 10.9 Å². The molecule has 0 aliphatic carbocycles. The Morgan fingerprint density at radius 1 is 1.38 bits per heavy atom. The summed E-state index contributed by atoms with van der Waals surface area (Å²) in [5.74, 6) is 0. The zero-order valence-electron chi connectivity index (χ0n) is 12.7. The number of aryl methyl sites for hydroxylation is 1. The van der Waals surface area contributed by atoms with Gasteiger partial charge in [-0.2, -0.15) is 0 Å². The molecule has 1 aromatic carbocycles. The molecule has 1 aliphatic heterocycles. The van der Waals surface area contributed by atoms with Crippen molar-refractivity contribution in [2.45, 2.75) is 25.5 Å². The molecule has 2 aromatic rings. The van der Waals surface area contributed by atoms with Gasteiger partial charge in [0.15, 0.2) is 0 Å². The van der Waals surface area contributed by atoms with E-state index in [4.69, 9.17) is 9.47 Å². The fraction of sp³-hybridized carbons (Fsp3) is 0.471. The number of aromatic nitrogens is 1. The number of pyridine rings is 1. The molecule has 1 fully saturated rings. The van der Waals surface area contributed by atoms with Gasteiger partial charge in [0.2, 0.25) is 0 Å². The summed E-state index contributed by atoms with van der Waals surface area (Å²) in [6.45, 7) is 5.12. The van der Waals surface area contributed by atoms with Crippen LogP contribution in [-0.4, -0.2) is 37.5 Å². The molecular weight excluding hydrogens is 264 g/mol. The van der Waals surface area contributed by atoms with Gasteiger partial charge in [0.25, 0.3) is 0 Å². The number of rotatable bonds is 5. The molecule has 1 N–H and O–H groups in total. The SMILES string of the molecule is COC1(CNCc2cc(C)nc3ccccc23)CCOC1. The van der Waals surface area contributed by atoms with Gasteiger partial charge in [-0.3, -0.25) is 4.98 Å². The average molecular weight is 286 g/mol. The Hall–Kier alpha value is -1.49. The third kappa shape index (κ3) is 3.07. The molecule has 0 radical (unpaired) electrons. The second-order valence-electron chi connectivity index (χ2n) is 5.73. The van der Waals surface area contributed by atoms with Crippen molar-refractivity contribution in [3.8, 4) is 0 Å². The predicted molar refractivity (Wildman–Crippen MR) is 83.4 cm³/mol. The van der Waals surface area contributed by atoms with Crippen molar-refractivity contribution in [2.75, 3.05) is 26.9 Å². The van der Waals surface area contributed by atoms with Gasteiger partial charge in [-0.15, -0.1) is 0 Å². The zero-order valence-corrected chi connectivity index (χ0v) is 12.7. The normalized spacial score (nSPS) is 22.0. The summed E-state index contributed by atoms with van der Waals surface area (Å²) in [4.78, 5) is 4.58. The summed E-state index contributed by atoms with van der Waals surface area (Å²) in [5, 5.41) is 4.73. The number of ether oxygens (including phenoxy) is 2. The number of benzene rings is 1. The minimum atomic E-state index is -0.169. The van der Waals surface area contributed by atoms with Crippen LogP contribution in [0.2, 0.25) is 0 Å². The highest BCUT2D eigenvalue weighted by atomic mass is 16.5. The van der Waals surface area contributed by atoms with E-state index < -0.39 is 0 Å². The Kier molecular flexibility index (Phi) is 4.19. The van der Waals surface area contributed by atoms with Crippen LogP contribution in [0.15, 0.2) is 30.3 Å². The number of methoxy groups -OCH3 is 1. The molecule has 3 rings (SSSR count). The van der Waals surface area contributed by atoms with Crippen molar-refractivity contribution in [3.05, 3.63) is 41.6 Å². The number of fused-ring (bicyclic) bond motifs is 1. The summed E-state index contributed by atoms with van der Waals surface area (Å²) < 4.78 is 11.1. The quantitative estimate of drug-likeness (QED) is 0.917.